The van der Waals surface area contributed by atoms with Crippen molar-refractivity contribution in [2.45, 2.75) is 82.7 Å². The van der Waals surface area contributed by atoms with Crippen molar-refractivity contribution in [2.75, 3.05) is 33.8 Å². The molecule has 0 spiro atoms. The van der Waals surface area contributed by atoms with Crippen molar-refractivity contribution in [1.82, 2.24) is 14.4 Å². The van der Waals surface area contributed by atoms with Crippen LogP contribution in [0.5, 0.6) is 5.75 Å². The molecule has 0 N–H and O–H groups in total. The fraction of sp³-hybridized carbons (Fsp3) is 0.543. The van der Waals surface area contributed by atoms with Crippen molar-refractivity contribution in [3.63, 3.8) is 0 Å². The Morgan fingerprint density at radius 3 is 2.53 bits per heavy atom. The first-order valence-electron chi connectivity index (χ1n) is 16.2. The Kier molecular flexibility index (Phi) is 7.41. The van der Waals surface area contributed by atoms with E-state index in [0.29, 0.717) is 36.2 Å². The summed E-state index contributed by atoms with van der Waals surface area (Å²) in [5.41, 5.74) is 3.40. The van der Waals surface area contributed by atoms with E-state index in [9.17, 15) is 22.8 Å². The van der Waals surface area contributed by atoms with Gasteiger partial charge < -0.3 is 23.8 Å². The average Bonchev–Trinajstić information content (AvgIpc) is 3.69. The summed E-state index contributed by atoms with van der Waals surface area (Å²) in [4.78, 5) is 31.7. The number of nitrogens with zero attached hydrogens (tertiary/aromatic N) is 3. The number of methoxy groups -OCH3 is 1. The lowest BCUT2D eigenvalue weighted by Gasteiger charge is -2.41. The first kappa shape index (κ1) is 30.1. The molecule has 0 bridgehead atoms. The molecule has 240 valence electrons. The lowest BCUT2D eigenvalue weighted by Crippen LogP contribution is -2.56. The number of esters is 1. The quantitative estimate of drug-likeness (QED) is 0.284. The predicted molar refractivity (Wildman–Crippen MR) is 164 cm³/mol. The molecule has 1 aromatic heterocycles. The minimum absolute atomic E-state index is 0.00162. The second-order valence-electron chi connectivity index (χ2n) is 13.4. The number of ether oxygens (including phenoxy) is 2. The highest BCUT2D eigenvalue weighted by molar-refractivity contribution is 6.00. The van der Waals surface area contributed by atoms with Gasteiger partial charge in [0.15, 0.2) is 0 Å². The van der Waals surface area contributed by atoms with Crippen LogP contribution in [0.2, 0.25) is 0 Å². The van der Waals surface area contributed by atoms with Crippen molar-refractivity contribution < 1.29 is 32.2 Å². The van der Waals surface area contributed by atoms with Gasteiger partial charge in [-0.15, -0.1) is 13.2 Å². The van der Waals surface area contributed by atoms with Gasteiger partial charge in [-0.3, -0.25) is 4.79 Å². The van der Waals surface area contributed by atoms with Gasteiger partial charge in [-0.25, -0.2) is 4.79 Å². The lowest BCUT2D eigenvalue weighted by atomic mass is 9.81. The number of aromatic nitrogens is 1. The summed E-state index contributed by atoms with van der Waals surface area (Å²) in [6.45, 7) is 4.48. The summed E-state index contributed by atoms with van der Waals surface area (Å²) < 4.78 is 53.5. The third kappa shape index (κ3) is 5.00. The molecule has 2 aliphatic carbocycles. The zero-order valence-electron chi connectivity index (χ0n) is 26.1. The van der Waals surface area contributed by atoms with E-state index in [0.717, 1.165) is 73.8 Å². The first-order valence-corrected chi connectivity index (χ1v) is 16.2. The van der Waals surface area contributed by atoms with E-state index in [-0.39, 0.29) is 23.6 Å². The van der Waals surface area contributed by atoms with Crippen LogP contribution in [-0.4, -0.2) is 72.4 Å². The van der Waals surface area contributed by atoms with Crippen molar-refractivity contribution in [2.24, 2.45) is 5.41 Å². The maximum absolute atomic E-state index is 14.8. The number of hydrogen-bond acceptors (Lipinski definition) is 5. The third-order valence-electron chi connectivity index (χ3n) is 10.8. The Morgan fingerprint density at radius 2 is 1.82 bits per heavy atom. The number of amides is 1. The summed E-state index contributed by atoms with van der Waals surface area (Å²) >= 11 is 0. The van der Waals surface area contributed by atoms with Crippen LogP contribution in [0.4, 0.5) is 13.2 Å². The van der Waals surface area contributed by atoms with Gasteiger partial charge in [0.1, 0.15) is 5.75 Å². The lowest BCUT2D eigenvalue weighted by molar-refractivity contribution is -0.274. The number of carbonyl (C=O) groups is 2. The number of rotatable bonds is 5. The monoisotopic (exact) mass is 623 g/mol. The second-order valence-corrected chi connectivity index (χ2v) is 13.4. The molecule has 3 aromatic rings. The molecule has 7 rings (SSSR count). The van der Waals surface area contributed by atoms with Gasteiger partial charge in [0.05, 0.1) is 23.8 Å². The molecule has 2 saturated carbocycles. The van der Waals surface area contributed by atoms with Gasteiger partial charge in [0.25, 0.3) is 0 Å². The molecule has 3 fully saturated rings. The highest BCUT2D eigenvalue weighted by Gasteiger charge is 2.65. The number of piperazine rings is 1. The van der Waals surface area contributed by atoms with Crippen molar-refractivity contribution in [3.8, 4) is 17.0 Å². The number of carbonyl (C=O) groups excluding carboxylic acids is 2. The molecule has 3 heterocycles. The Hall–Kier alpha value is -3.53. The van der Waals surface area contributed by atoms with E-state index in [2.05, 4.69) is 23.4 Å². The van der Waals surface area contributed by atoms with E-state index < -0.39 is 23.7 Å². The van der Waals surface area contributed by atoms with Crippen LogP contribution in [0.15, 0.2) is 36.4 Å². The summed E-state index contributed by atoms with van der Waals surface area (Å²) in [6, 6.07) is 10.5. The van der Waals surface area contributed by atoms with E-state index in [1.165, 1.54) is 13.2 Å². The van der Waals surface area contributed by atoms with Gasteiger partial charge in [0.2, 0.25) is 5.91 Å². The SMILES string of the molecule is CCC1CN(C)CCN1C(=O)C12CC1c1c(OC(F)(F)F)cccc1-c1c(C3CCCCC3)c3ccc(C(=O)OC)cc3n1C2. The van der Waals surface area contributed by atoms with Gasteiger partial charge in [0, 0.05) is 60.2 Å². The number of hydrogen-bond donors (Lipinski definition) is 0. The maximum Gasteiger partial charge on any atom is 0.573 e. The molecule has 3 unspecified atom stereocenters. The molecule has 2 aromatic carbocycles. The van der Waals surface area contributed by atoms with Crippen LogP contribution in [-0.2, 0) is 16.1 Å². The minimum Gasteiger partial charge on any atom is -0.465 e. The molecule has 10 heteroatoms. The first-order chi connectivity index (χ1) is 21.6. The van der Waals surface area contributed by atoms with E-state index in [4.69, 9.17) is 9.47 Å². The molecule has 1 saturated heterocycles. The van der Waals surface area contributed by atoms with Crippen molar-refractivity contribution in [1.29, 1.82) is 0 Å². The topological polar surface area (TPSA) is 64.0 Å². The zero-order valence-corrected chi connectivity index (χ0v) is 26.1. The summed E-state index contributed by atoms with van der Waals surface area (Å²) in [5, 5.41) is 0.977. The number of benzene rings is 2. The van der Waals surface area contributed by atoms with Gasteiger partial charge in [-0.2, -0.15) is 0 Å². The number of halogens is 3. The summed E-state index contributed by atoms with van der Waals surface area (Å²) in [6.07, 6.45) is 1.62. The number of likely N-dealkylation sites (N-methyl/N-ethyl adjacent to an activating group) is 1. The predicted octanol–water partition coefficient (Wildman–Crippen LogP) is 7.08. The molecule has 1 amide bonds. The highest BCUT2D eigenvalue weighted by atomic mass is 19.4. The van der Waals surface area contributed by atoms with Crippen LogP contribution in [0.1, 0.15) is 85.2 Å². The van der Waals surface area contributed by atoms with Gasteiger partial charge in [-0.05, 0) is 62.4 Å². The van der Waals surface area contributed by atoms with E-state index in [1.54, 1.807) is 12.1 Å². The zero-order chi connectivity index (χ0) is 31.7. The fourth-order valence-corrected chi connectivity index (χ4v) is 8.56. The molecule has 4 aliphatic rings. The largest absolute Gasteiger partial charge is 0.573 e. The molecule has 7 nitrogen and oxygen atoms in total. The van der Waals surface area contributed by atoms with E-state index >= 15 is 0 Å². The van der Waals surface area contributed by atoms with Gasteiger partial charge in [-0.1, -0.05) is 44.4 Å². The summed E-state index contributed by atoms with van der Waals surface area (Å²) in [5.74, 6) is -0.898. The summed E-state index contributed by atoms with van der Waals surface area (Å²) in [7, 11) is 3.40. The molecular formula is C35H40F3N3O4. The Morgan fingerprint density at radius 1 is 1.04 bits per heavy atom. The van der Waals surface area contributed by atoms with Crippen molar-refractivity contribution >= 4 is 22.8 Å². The fourth-order valence-electron chi connectivity index (χ4n) is 8.56. The molecule has 2 aliphatic heterocycles. The Labute approximate surface area is 261 Å². The smallest absolute Gasteiger partial charge is 0.465 e. The van der Waals surface area contributed by atoms with E-state index in [1.807, 2.05) is 23.1 Å². The van der Waals surface area contributed by atoms with Crippen LogP contribution in [0, 0.1) is 5.41 Å². The molecule has 3 atom stereocenters. The molecule has 45 heavy (non-hydrogen) atoms. The third-order valence-corrected chi connectivity index (χ3v) is 10.8. The normalized spacial score (nSPS) is 25.2. The average molecular weight is 624 g/mol. The Balaban J connectivity index is 1.49. The second kappa shape index (κ2) is 11.1. The number of fused-ring (bicyclic) bond motifs is 7. The maximum atomic E-state index is 14.8. The highest BCUT2D eigenvalue weighted by Crippen LogP contribution is 2.67. The van der Waals surface area contributed by atoms with Crippen LogP contribution in [0.25, 0.3) is 22.2 Å². The Bertz CT molecular complexity index is 1660. The molecule has 0 radical (unpaired) electrons. The number of alkyl halides is 3. The van der Waals surface area contributed by atoms with Crippen LogP contribution >= 0.6 is 0 Å². The van der Waals surface area contributed by atoms with Crippen LogP contribution in [0.3, 0.4) is 0 Å². The van der Waals surface area contributed by atoms with Crippen LogP contribution < -0.4 is 4.74 Å². The van der Waals surface area contributed by atoms with Gasteiger partial charge >= 0.3 is 12.3 Å². The minimum atomic E-state index is -4.87. The molecular weight excluding hydrogens is 583 g/mol. The standard InChI is InChI=1S/C35H40F3N3O4/c1-4-23-19-39(2)15-16-40(23)33(43)34-18-26(34)30-25(11-8-12-28(30)45-35(36,37)38)31-29(21-9-6-5-7-10-21)24-14-13-22(32(42)44-3)17-27(24)41(31)20-34/h8,11-14,17,21,23,26H,4-7,9-10,15-16,18-20H2,1-3H3. The van der Waals surface area contributed by atoms with Crippen molar-refractivity contribution in [3.05, 3.63) is 53.1 Å².